The molecule has 3 aromatic rings. The van der Waals surface area contributed by atoms with E-state index in [4.69, 9.17) is 18.6 Å². The predicted molar refractivity (Wildman–Crippen MR) is 92.2 cm³/mol. The van der Waals surface area contributed by atoms with Crippen LogP contribution in [0.15, 0.2) is 58.2 Å². The van der Waals surface area contributed by atoms with Crippen LogP contribution in [-0.4, -0.2) is 29.2 Å². The zero-order valence-electron chi connectivity index (χ0n) is 13.6. The molecule has 2 heterocycles. The Morgan fingerprint density at radius 2 is 1.88 bits per heavy atom. The highest BCUT2D eigenvalue weighted by atomic mass is 32.2. The summed E-state index contributed by atoms with van der Waals surface area (Å²) >= 11 is 1.38. The minimum absolute atomic E-state index is 0.290. The van der Waals surface area contributed by atoms with Crippen LogP contribution in [0.1, 0.15) is 12.0 Å². The topological polar surface area (TPSA) is 66.6 Å². The highest BCUT2D eigenvalue weighted by molar-refractivity contribution is 7.99. The van der Waals surface area contributed by atoms with Gasteiger partial charge in [-0.15, -0.1) is 10.2 Å². The molecule has 0 N–H and O–H groups in total. The highest BCUT2D eigenvalue weighted by Gasteiger charge is 2.27. The lowest BCUT2D eigenvalue weighted by atomic mass is 10.2. The molecule has 0 aliphatic carbocycles. The Balaban J connectivity index is 1.28. The molecule has 0 spiro atoms. The van der Waals surface area contributed by atoms with Gasteiger partial charge in [0.15, 0.2) is 11.5 Å². The molecule has 6 nitrogen and oxygen atoms in total. The Bertz CT molecular complexity index is 872. The number of ether oxygens (including phenoxy) is 3. The fourth-order valence-electron chi connectivity index (χ4n) is 2.37. The third-order valence-electron chi connectivity index (χ3n) is 3.60. The maximum absolute atomic E-state index is 12.8. The van der Waals surface area contributed by atoms with Crippen LogP contribution in [0.3, 0.4) is 0 Å². The molecular weight excluding hydrogens is 359 g/mol. The van der Waals surface area contributed by atoms with Crippen LogP contribution in [0.25, 0.3) is 0 Å². The molecule has 1 aliphatic heterocycles. The summed E-state index contributed by atoms with van der Waals surface area (Å²) in [5.74, 6) is 2.68. The van der Waals surface area contributed by atoms with Crippen molar-refractivity contribution in [1.29, 1.82) is 0 Å². The summed E-state index contributed by atoms with van der Waals surface area (Å²) in [5, 5.41) is 8.48. The lowest BCUT2D eigenvalue weighted by molar-refractivity contribution is 0.0686. The SMILES string of the molecule is Fc1ccc(OCCSc2nnc(C3COc4ccccc4O3)o2)cc1. The van der Waals surface area contributed by atoms with E-state index in [1.165, 1.54) is 23.9 Å². The van der Waals surface area contributed by atoms with Crippen molar-refractivity contribution in [2.45, 2.75) is 11.3 Å². The second kappa shape index (κ2) is 7.65. The van der Waals surface area contributed by atoms with Gasteiger partial charge in [0.2, 0.25) is 6.10 Å². The van der Waals surface area contributed by atoms with Crippen molar-refractivity contribution in [3.63, 3.8) is 0 Å². The van der Waals surface area contributed by atoms with E-state index in [0.717, 1.165) is 0 Å². The highest BCUT2D eigenvalue weighted by Crippen LogP contribution is 2.35. The zero-order chi connectivity index (χ0) is 17.8. The summed E-state index contributed by atoms with van der Waals surface area (Å²) in [5.41, 5.74) is 0. The summed E-state index contributed by atoms with van der Waals surface area (Å²) < 4.78 is 35.5. The lowest BCUT2D eigenvalue weighted by Gasteiger charge is -2.23. The van der Waals surface area contributed by atoms with Gasteiger partial charge in [-0.3, -0.25) is 0 Å². The van der Waals surface area contributed by atoms with E-state index < -0.39 is 6.10 Å². The number of thioether (sulfide) groups is 1. The molecule has 0 saturated heterocycles. The van der Waals surface area contributed by atoms with Crippen molar-refractivity contribution >= 4 is 11.8 Å². The van der Waals surface area contributed by atoms with Crippen molar-refractivity contribution < 1.29 is 23.0 Å². The maximum Gasteiger partial charge on any atom is 0.276 e. The first-order valence-corrected chi connectivity index (χ1v) is 8.99. The van der Waals surface area contributed by atoms with E-state index in [1.807, 2.05) is 24.3 Å². The molecule has 26 heavy (non-hydrogen) atoms. The molecule has 1 unspecified atom stereocenters. The summed E-state index contributed by atoms with van der Waals surface area (Å²) in [4.78, 5) is 0. The van der Waals surface area contributed by atoms with E-state index in [0.29, 0.717) is 47.3 Å². The molecule has 0 bridgehead atoms. The van der Waals surface area contributed by atoms with Crippen LogP contribution < -0.4 is 14.2 Å². The van der Waals surface area contributed by atoms with Crippen LogP contribution in [0.2, 0.25) is 0 Å². The van der Waals surface area contributed by atoms with Gasteiger partial charge in [-0.1, -0.05) is 23.9 Å². The first-order chi connectivity index (χ1) is 12.8. The van der Waals surface area contributed by atoms with E-state index in [2.05, 4.69) is 10.2 Å². The number of para-hydroxylation sites is 2. The second-order valence-electron chi connectivity index (χ2n) is 5.42. The third kappa shape index (κ3) is 3.91. The van der Waals surface area contributed by atoms with Crippen molar-refractivity contribution in [3.8, 4) is 17.2 Å². The quantitative estimate of drug-likeness (QED) is 0.479. The van der Waals surface area contributed by atoms with Gasteiger partial charge >= 0.3 is 0 Å². The summed E-state index contributed by atoms with van der Waals surface area (Å²) in [6.07, 6.45) is -0.429. The van der Waals surface area contributed by atoms with Crippen molar-refractivity contribution in [2.24, 2.45) is 0 Å². The molecule has 1 aliphatic rings. The first kappa shape index (κ1) is 16.7. The number of hydrogen-bond acceptors (Lipinski definition) is 7. The number of nitrogens with zero attached hydrogens (tertiary/aromatic N) is 2. The number of rotatable bonds is 6. The Kier molecular flexibility index (Phi) is 4.92. The van der Waals surface area contributed by atoms with Gasteiger partial charge in [0.25, 0.3) is 11.1 Å². The smallest absolute Gasteiger partial charge is 0.276 e. The molecule has 0 saturated carbocycles. The number of fused-ring (bicyclic) bond motifs is 1. The minimum Gasteiger partial charge on any atom is -0.493 e. The van der Waals surface area contributed by atoms with Crippen LogP contribution >= 0.6 is 11.8 Å². The summed E-state index contributed by atoms with van der Waals surface area (Å²) in [6.45, 7) is 0.751. The first-order valence-electron chi connectivity index (χ1n) is 8.01. The van der Waals surface area contributed by atoms with Gasteiger partial charge in [-0.05, 0) is 36.4 Å². The number of halogens is 1. The standard InChI is InChI=1S/C18H15FN2O4S/c19-12-5-7-13(8-6-12)22-9-10-26-18-21-20-17(25-18)16-11-23-14-3-1-2-4-15(14)24-16/h1-8,16H,9-11H2. The van der Waals surface area contributed by atoms with E-state index >= 15 is 0 Å². The van der Waals surface area contributed by atoms with Gasteiger partial charge in [0, 0.05) is 5.75 Å². The molecule has 4 rings (SSSR count). The van der Waals surface area contributed by atoms with Crippen molar-refractivity contribution in [1.82, 2.24) is 10.2 Å². The van der Waals surface area contributed by atoms with E-state index in [-0.39, 0.29) is 5.82 Å². The van der Waals surface area contributed by atoms with Crippen LogP contribution in [0.4, 0.5) is 4.39 Å². The Morgan fingerprint density at radius 1 is 1.08 bits per heavy atom. The molecular formula is C18H15FN2O4S. The van der Waals surface area contributed by atoms with Crippen molar-refractivity contribution in [2.75, 3.05) is 19.0 Å². The van der Waals surface area contributed by atoms with Gasteiger partial charge in [-0.2, -0.15) is 0 Å². The largest absolute Gasteiger partial charge is 0.493 e. The fraction of sp³-hybridized carbons (Fsp3) is 0.222. The Hall–Kier alpha value is -2.74. The molecule has 0 fully saturated rings. The van der Waals surface area contributed by atoms with Gasteiger partial charge < -0.3 is 18.6 Å². The molecule has 0 radical (unpaired) electrons. The fourth-order valence-corrected chi connectivity index (χ4v) is 2.95. The van der Waals surface area contributed by atoms with Crippen LogP contribution in [-0.2, 0) is 0 Å². The molecule has 2 aromatic carbocycles. The summed E-state index contributed by atoms with van der Waals surface area (Å²) in [7, 11) is 0. The monoisotopic (exact) mass is 374 g/mol. The normalized spacial score (nSPS) is 15.7. The minimum atomic E-state index is -0.429. The molecule has 134 valence electrons. The molecule has 1 aromatic heterocycles. The van der Waals surface area contributed by atoms with Crippen LogP contribution in [0, 0.1) is 5.82 Å². The lowest BCUT2D eigenvalue weighted by Crippen LogP contribution is -2.21. The molecule has 8 heteroatoms. The van der Waals surface area contributed by atoms with E-state index in [9.17, 15) is 4.39 Å². The number of aromatic nitrogens is 2. The van der Waals surface area contributed by atoms with E-state index in [1.54, 1.807) is 12.1 Å². The number of hydrogen-bond donors (Lipinski definition) is 0. The zero-order valence-corrected chi connectivity index (χ0v) is 14.4. The van der Waals surface area contributed by atoms with Gasteiger partial charge in [0.05, 0.1) is 6.61 Å². The third-order valence-corrected chi connectivity index (χ3v) is 4.38. The molecule has 0 amide bonds. The Labute approximate surface area is 153 Å². The van der Waals surface area contributed by atoms with Gasteiger partial charge in [0.1, 0.15) is 18.2 Å². The predicted octanol–water partition coefficient (Wildman–Crippen LogP) is 3.89. The van der Waals surface area contributed by atoms with Crippen LogP contribution in [0.5, 0.6) is 17.2 Å². The van der Waals surface area contributed by atoms with Crippen molar-refractivity contribution in [3.05, 3.63) is 60.2 Å². The second-order valence-corrected chi connectivity index (χ2v) is 6.47. The average molecular weight is 374 g/mol. The number of benzene rings is 2. The van der Waals surface area contributed by atoms with Gasteiger partial charge in [-0.25, -0.2) is 4.39 Å². The maximum atomic E-state index is 12.8. The average Bonchev–Trinajstić information content (AvgIpc) is 3.15. The molecule has 1 atom stereocenters. The summed E-state index contributed by atoms with van der Waals surface area (Å²) in [6, 6.07) is 13.3. The Morgan fingerprint density at radius 3 is 2.73 bits per heavy atom.